The Hall–Kier alpha value is -1.92. The Balaban J connectivity index is 2.27. The molecule has 0 spiro atoms. The Morgan fingerprint density at radius 2 is 2.05 bits per heavy atom. The fraction of sp³-hybridized carbons (Fsp3) is 0.214. The number of rotatable bonds is 5. The van der Waals surface area contributed by atoms with Crippen molar-refractivity contribution in [2.45, 2.75) is 18.2 Å². The first-order valence-electron chi connectivity index (χ1n) is 6.18. The van der Waals surface area contributed by atoms with Gasteiger partial charge in [0.1, 0.15) is 5.58 Å². The second kappa shape index (κ2) is 6.02. The van der Waals surface area contributed by atoms with Crippen LogP contribution >= 0.6 is 0 Å². The molecule has 0 aliphatic heterocycles. The molecule has 0 saturated heterocycles. The van der Waals surface area contributed by atoms with Gasteiger partial charge in [-0.3, -0.25) is 0 Å². The minimum atomic E-state index is -3.55. The van der Waals surface area contributed by atoms with E-state index in [1.165, 1.54) is 24.3 Å². The highest BCUT2D eigenvalue weighted by molar-refractivity contribution is 7.89. The lowest BCUT2D eigenvalue weighted by Crippen LogP contribution is -2.24. The highest BCUT2D eigenvalue weighted by Crippen LogP contribution is 2.17. The summed E-state index contributed by atoms with van der Waals surface area (Å²) < 4.78 is 31.6. The SMILES string of the molecule is C/C=C/CCNS(=O)(=O)c1ccc2oc(=O)ccc2c1. The molecule has 0 aliphatic rings. The van der Waals surface area contributed by atoms with E-state index in [-0.39, 0.29) is 4.90 Å². The average Bonchev–Trinajstić information content (AvgIpc) is 2.43. The first-order chi connectivity index (χ1) is 9.53. The van der Waals surface area contributed by atoms with Gasteiger partial charge >= 0.3 is 5.63 Å². The van der Waals surface area contributed by atoms with E-state index in [1.807, 2.05) is 19.1 Å². The number of hydrogen-bond acceptors (Lipinski definition) is 4. The quantitative estimate of drug-likeness (QED) is 0.520. The summed E-state index contributed by atoms with van der Waals surface area (Å²) in [5.41, 5.74) is -0.0945. The summed E-state index contributed by atoms with van der Waals surface area (Å²) in [7, 11) is -3.55. The molecule has 1 aromatic carbocycles. The molecule has 0 atom stereocenters. The molecule has 5 nitrogen and oxygen atoms in total. The van der Waals surface area contributed by atoms with Gasteiger partial charge in [0.25, 0.3) is 0 Å². The molecule has 0 unspecified atom stereocenters. The van der Waals surface area contributed by atoms with Gasteiger partial charge in [-0.2, -0.15) is 0 Å². The summed E-state index contributed by atoms with van der Waals surface area (Å²) >= 11 is 0. The molecule has 0 radical (unpaired) electrons. The van der Waals surface area contributed by atoms with Crippen LogP contribution in [0.25, 0.3) is 11.0 Å². The molecular weight excluding hydrogens is 278 g/mol. The van der Waals surface area contributed by atoms with Crippen molar-refractivity contribution in [3.63, 3.8) is 0 Å². The summed E-state index contributed by atoms with van der Waals surface area (Å²) in [6.45, 7) is 2.22. The normalized spacial score (nSPS) is 12.2. The smallest absolute Gasteiger partial charge is 0.336 e. The third-order valence-electron chi connectivity index (χ3n) is 2.74. The van der Waals surface area contributed by atoms with Crippen LogP contribution in [-0.2, 0) is 10.0 Å². The maximum atomic E-state index is 12.1. The fourth-order valence-electron chi connectivity index (χ4n) is 1.74. The van der Waals surface area contributed by atoms with Crippen molar-refractivity contribution >= 4 is 21.0 Å². The Kier molecular flexibility index (Phi) is 4.36. The van der Waals surface area contributed by atoms with Crippen LogP contribution in [0.3, 0.4) is 0 Å². The van der Waals surface area contributed by atoms with Crippen LogP contribution in [0.15, 0.2) is 56.6 Å². The first kappa shape index (κ1) is 14.5. The number of hydrogen-bond donors (Lipinski definition) is 1. The summed E-state index contributed by atoms with van der Waals surface area (Å²) in [4.78, 5) is 11.2. The summed E-state index contributed by atoms with van der Waals surface area (Å²) in [5.74, 6) is 0. The molecule has 0 bridgehead atoms. The van der Waals surface area contributed by atoms with Crippen LogP contribution in [0.1, 0.15) is 13.3 Å². The van der Waals surface area contributed by atoms with Gasteiger partial charge in [0.2, 0.25) is 10.0 Å². The van der Waals surface area contributed by atoms with E-state index in [0.717, 1.165) is 0 Å². The fourth-order valence-corrected chi connectivity index (χ4v) is 2.83. The van der Waals surface area contributed by atoms with E-state index in [4.69, 9.17) is 4.42 Å². The van der Waals surface area contributed by atoms with E-state index < -0.39 is 15.6 Å². The molecule has 0 fully saturated rings. The molecule has 6 heteroatoms. The van der Waals surface area contributed by atoms with Gasteiger partial charge in [-0.1, -0.05) is 12.2 Å². The van der Waals surface area contributed by atoms with Crippen molar-refractivity contribution in [2.75, 3.05) is 6.54 Å². The minimum absolute atomic E-state index is 0.152. The topological polar surface area (TPSA) is 76.4 Å². The van der Waals surface area contributed by atoms with Gasteiger partial charge in [0.15, 0.2) is 0 Å². The molecule has 1 N–H and O–H groups in total. The molecule has 0 saturated carbocycles. The Labute approximate surface area is 117 Å². The van der Waals surface area contributed by atoms with Gasteiger partial charge in [0.05, 0.1) is 4.90 Å². The molecule has 2 rings (SSSR count). The second-order valence-electron chi connectivity index (χ2n) is 4.21. The van der Waals surface area contributed by atoms with E-state index in [0.29, 0.717) is 23.9 Å². The van der Waals surface area contributed by atoms with Gasteiger partial charge in [-0.25, -0.2) is 17.9 Å². The first-order valence-corrected chi connectivity index (χ1v) is 7.66. The predicted molar refractivity (Wildman–Crippen MR) is 77.1 cm³/mol. The molecule has 1 aromatic heterocycles. The lowest BCUT2D eigenvalue weighted by Gasteiger charge is -2.06. The molecule has 2 aromatic rings. The number of allylic oxidation sites excluding steroid dienone is 1. The average molecular weight is 293 g/mol. The van der Waals surface area contributed by atoms with E-state index >= 15 is 0 Å². The maximum Gasteiger partial charge on any atom is 0.336 e. The van der Waals surface area contributed by atoms with Crippen molar-refractivity contribution < 1.29 is 12.8 Å². The maximum absolute atomic E-state index is 12.1. The molecule has 1 heterocycles. The van der Waals surface area contributed by atoms with Crippen molar-refractivity contribution in [2.24, 2.45) is 0 Å². The highest BCUT2D eigenvalue weighted by Gasteiger charge is 2.13. The molecule has 0 aliphatic carbocycles. The number of benzene rings is 1. The van der Waals surface area contributed by atoms with E-state index in [1.54, 1.807) is 6.07 Å². The summed E-state index contributed by atoms with van der Waals surface area (Å²) in [6, 6.07) is 7.19. The standard InChI is InChI=1S/C14H15NO4S/c1-2-3-4-9-15-20(17,18)12-6-7-13-11(10-12)5-8-14(16)19-13/h2-3,5-8,10,15H,4,9H2,1H3/b3-2+. The number of fused-ring (bicyclic) bond motifs is 1. The lowest BCUT2D eigenvalue weighted by atomic mass is 10.2. The van der Waals surface area contributed by atoms with Crippen molar-refractivity contribution in [3.05, 3.63) is 52.9 Å². The van der Waals surface area contributed by atoms with E-state index in [2.05, 4.69) is 4.72 Å². The van der Waals surface area contributed by atoms with Crippen LogP contribution in [0, 0.1) is 0 Å². The Morgan fingerprint density at radius 3 is 2.80 bits per heavy atom. The van der Waals surface area contributed by atoms with Crippen LogP contribution in [0.2, 0.25) is 0 Å². The molecule has 20 heavy (non-hydrogen) atoms. The molecular formula is C14H15NO4S. The Morgan fingerprint density at radius 1 is 1.25 bits per heavy atom. The molecule has 106 valence electrons. The van der Waals surface area contributed by atoms with Gasteiger partial charge in [-0.15, -0.1) is 0 Å². The van der Waals surface area contributed by atoms with Crippen molar-refractivity contribution in [1.82, 2.24) is 4.72 Å². The largest absolute Gasteiger partial charge is 0.423 e. The van der Waals surface area contributed by atoms with Crippen LogP contribution < -0.4 is 10.3 Å². The van der Waals surface area contributed by atoms with Gasteiger partial charge < -0.3 is 4.42 Å². The lowest BCUT2D eigenvalue weighted by molar-refractivity contribution is 0.560. The van der Waals surface area contributed by atoms with Gasteiger partial charge in [-0.05, 0) is 37.6 Å². The van der Waals surface area contributed by atoms with Crippen molar-refractivity contribution in [3.8, 4) is 0 Å². The summed E-state index contributed by atoms with van der Waals surface area (Å²) in [6.07, 6.45) is 4.39. The zero-order chi connectivity index (χ0) is 14.6. The third kappa shape index (κ3) is 3.34. The third-order valence-corrected chi connectivity index (χ3v) is 4.20. The van der Waals surface area contributed by atoms with Crippen LogP contribution in [0.4, 0.5) is 0 Å². The zero-order valence-corrected chi connectivity index (χ0v) is 11.8. The Bertz CT molecular complexity index is 790. The molecule has 0 amide bonds. The highest BCUT2D eigenvalue weighted by atomic mass is 32.2. The number of nitrogens with one attached hydrogen (secondary N) is 1. The summed E-state index contributed by atoms with van der Waals surface area (Å²) in [5, 5.41) is 0.570. The predicted octanol–water partition coefficient (Wildman–Crippen LogP) is 2.04. The zero-order valence-electron chi connectivity index (χ0n) is 11.0. The second-order valence-corrected chi connectivity index (χ2v) is 5.98. The van der Waals surface area contributed by atoms with Crippen molar-refractivity contribution in [1.29, 1.82) is 0 Å². The van der Waals surface area contributed by atoms with Crippen LogP contribution in [0.5, 0.6) is 0 Å². The minimum Gasteiger partial charge on any atom is -0.423 e. The monoisotopic (exact) mass is 293 g/mol. The van der Waals surface area contributed by atoms with Gasteiger partial charge in [0, 0.05) is 18.0 Å². The van der Waals surface area contributed by atoms with Crippen LogP contribution in [-0.4, -0.2) is 15.0 Å². The number of sulfonamides is 1. The van der Waals surface area contributed by atoms with E-state index in [9.17, 15) is 13.2 Å².